The van der Waals surface area contributed by atoms with Gasteiger partial charge in [0.2, 0.25) is 15.9 Å². The molecular formula is C33H37F6N3O9S2. The molecule has 1 aromatic rings. The number of hydrogen-bond donors (Lipinski definition) is 3. The fourth-order valence-electron chi connectivity index (χ4n) is 4.57. The number of rotatable bonds is 18. The quantitative estimate of drug-likeness (QED) is 0.109. The van der Waals surface area contributed by atoms with Crippen LogP contribution in [0.15, 0.2) is 88.3 Å². The van der Waals surface area contributed by atoms with E-state index in [1.165, 1.54) is 48.6 Å². The van der Waals surface area contributed by atoms with Crippen LogP contribution in [-0.2, 0) is 51.0 Å². The molecule has 20 heteroatoms. The minimum atomic E-state index is -5.04. The molecule has 2 amide bonds. The summed E-state index contributed by atoms with van der Waals surface area (Å²) in [6, 6.07) is 0.801. The van der Waals surface area contributed by atoms with E-state index in [9.17, 15) is 52.8 Å². The Bertz CT molecular complexity index is 1850. The molecular weight excluding hydrogens is 760 g/mol. The van der Waals surface area contributed by atoms with Gasteiger partial charge in [-0.3, -0.25) is 13.8 Å². The molecule has 292 valence electrons. The van der Waals surface area contributed by atoms with E-state index in [0.717, 1.165) is 6.08 Å². The van der Waals surface area contributed by atoms with E-state index in [2.05, 4.69) is 10.6 Å². The number of halogens is 6. The number of unbranched alkanes of at least 4 members (excludes halogenated alkanes) is 2. The summed E-state index contributed by atoms with van der Waals surface area (Å²) in [4.78, 5) is 24.7. The normalized spacial score (nSPS) is 16.6. The first kappa shape index (κ1) is 43.2. The van der Waals surface area contributed by atoms with E-state index in [4.69, 9.17) is 18.8 Å². The molecule has 2 aliphatic rings. The molecule has 0 aliphatic heterocycles. The Morgan fingerprint density at radius 2 is 1.45 bits per heavy atom. The zero-order chi connectivity index (χ0) is 39.3. The van der Waals surface area contributed by atoms with Crippen LogP contribution >= 0.6 is 0 Å². The van der Waals surface area contributed by atoms with Crippen LogP contribution in [0.5, 0.6) is 5.75 Å². The molecule has 0 radical (unpaired) electrons. The maximum atomic E-state index is 13.0. The Kier molecular flexibility index (Phi) is 15.6. The van der Waals surface area contributed by atoms with Crippen LogP contribution in [0.2, 0.25) is 0 Å². The van der Waals surface area contributed by atoms with Gasteiger partial charge in [0.15, 0.2) is 0 Å². The average molecular weight is 798 g/mol. The predicted octanol–water partition coefficient (Wildman–Crippen LogP) is 4.55. The van der Waals surface area contributed by atoms with Gasteiger partial charge in [-0.1, -0.05) is 30.4 Å². The van der Waals surface area contributed by atoms with Crippen molar-refractivity contribution in [3.05, 3.63) is 99.4 Å². The minimum Gasteiger partial charge on any atom is -0.491 e. The van der Waals surface area contributed by atoms with Gasteiger partial charge in [0.05, 0.1) is 46.7 Å². The summed E-state index contributed by atoms with van der Waals surface area (Å²) >= 11 is 0. The van der Waals surface area contributed by atoms with Crippen molar-refractivity contribution in [3.8, 4) is 5.75 Å². The van der Waals surface area contributed by atoms with E-state index < -0.39 is 74.4 Å². The fourth-order valence-corrected chi connectivity index (χ4v) is 6.06. The van der Waals surface area contributed by atoms with E-state index in [1.54, 1.807) is 0 Å². The summed E-state index contributed by atoms with van der Waals surface area (Å²) in [7, 11) is -8.26. The third kappa shape index (κ3) is 14.6. The first-order valence-corrected chi connectivity index (χ1v) is 18.9. The number of amides is 2. The molecule has 1 unspecified atom stereocenters. The van der Waals surface area contributed by atoms with Gasteiger partial charge in [0.1, 0.15) is 12.4 Å². The van der Waals surface area contributed by atoms with E-state index in [-0.39, 0.29) is 53.5 Å². The molecule has 12 nitrogen and oxygen atoms in total. The molecule has 1 aromatic carbocycles. The number of nitrogens with two attached hydrogens (primary N) is 1. The number of nitrogens with one attached hydrogen (secondary N) is 2. The number of ether oxygens (including phenoxy) is 2. The molecule has 53 heavy (non-hydrogen) atoms. The van der Waals surface area contributed by atoms with Gasteiger partial charge < -0.3 is 20.1 Å². The highest BCUT2D eigenvalue weighted by atomic mass is 32.2. The Morgan fingerprint density at radius 1 is 0.811 bits per heavy atom. The summed E-state index contributed by atoms with van der Waals surface area (Å²) in [6.07, 6.45) is 4.33. The van der Waals surface area contributed by atoms with Crippen molar-refractivity contribution < 1.29 is 66.4 Å². The van der Waals surface area contributed by atoms with E-state index >= 15 is 0 Å². The van der Waals surface area contributed by atoms with Crippen LogP contribution in [-0.4, -0.2) is 68.2 Å². The molecule has 2 aliphatic carbocycles. The number of carbonyl (C=O) groups excluding carboxylic acids is 2. The monoisotopic (exact) mass is 797 g/mol. The third-order valence-corrected chi connectivity index (χ3v) is 9.48. The second kappa shape index (κ2) is 19.2. The third-order valence-electron chi connectivity index (χ3n) is 7.24. The minimum absolute atomic E-state index is 0.0329. The Morgan fingerprint density at radius 3 is 2.09 bits per heavy atom. The summed E-state index contributed by atoms with van der Waals surface area (Å²) in [5.41, 5.74) is -3.00. The Hall–Kier alpha value is -4.24. The molecule has 0 saturated carbocycles. The van der Waals surface area contributed by atoms with Crippen molar-refractivity contribution in [1.82, 2.24) is 10.6 Å². The number of benzene rings is 1. The molecule has 0 aromatic heterocycles. The lowest BCUT2D eigenvalue weighted by molar-refractivity contribution is -0.143. The highest BCUT2D eigenvalue weighted by molar-refractivity contribution is 7.93. The number of carbonyl (C=O) groups is 2. The number of alkyl halides is 6. The number of primary sulfonamides is 1. The van der Waals surface area contributed by atoms with Crippen molar-refractivity contribution in [2.75, 3.05) is 39.5 Å². The first-order chi connectivity index (χ1) is 24.8. The summed E-state index contributed by atoms with van der Waals surface area (Å²) < 4.78 is 142. The molecule has 4 N–H and O–H groups in total. The smallest absolute Gasteiger partial charge is 0.416 e. The lowest BCUT2D eigenvalue weighted by Gasteiger charge is -2.15. The summed E-state index contributed by atoms with van der Waals surface area (Å²) in [5.74, 6) is -2.21. The van der Waals surface area contributed by atoms with Crippen LogP contribution in [0.4, 0.5) is 26.3 Å². The average Bonchev–Trinajstić information content (AvgIpc) is 3.49. The number of hydrogen-bond acceptors (Lipinski definition) is 9. The zero-order valence-corrected chi connectivity index (χ0v) is 29.5. The van der Waals surface area contributed by atoms with Crippen LogP contribution in [0.25, 0.3) is 0 Å². The Balaban J connectivity index is 1.36. The molecule has 3 rings (SSSR count). The maximum Gasteiger partial charge on any atom is 0.416 e. The van der Waals surface area contributed by atoms with Crippen molar-refractivity contribution in [2.24, 2.45) is 11.1 Å². The summed E-state index contributed by atoms with van der Waals surface area (Å²) in [6.45, 7) is -0.973. The van der Waals surface area contributed by atoms with Crippen molar-refractivity contribution in [2.45, 2.75) is 38.0 Å². The van der Waals surface area contributed by atoms with Gasteiger partial charge in [-0.15, -0.1) is 0 Å². The first-order valence-electron chi connectivity index (χ1n) is 15.9. The highest BCUT2D eigenvalue weighted by Crippen LogP contribution is 2.38. The van der Waals surface area contributed by atoms with Crippen molar-refractivity contribution >= 4 is 32.0 Å². The van der Waals surface area contributed by atoms with Gasteiger partial charge in [-0.2, -0.15) is 34.8 Å². The summed E-state index contributed by atoms with van der Waals surface area (Å²) in [5, 5.41) is 10.6. The number of allylic oxidation sites excluding steroid dienone is 6. The van der Waals surface area contributed by atoms with Gasteiger partial charge >= 0.3 is 12.4 Å². The molecule has 0 spiro atoms. The molecule has 0 heterocycles. The van der Waals surface area contributed by atoms with Gasteiger partial charge in [0, 0.05) is 18.7 Å². The molecule has 1 atom stereocenters. The second-order valence-corrected chi connectivity index (χ2v) is 14.5. The van der Waals surface area contributed by atoms with E-state index in [0.29, 0.717) is 37.9 Å². The molecule has 0 bridgehead atoms. The largest absolute Gasteiger partial charge is 0.491 e. The van der Waals surface area contributed by atoms with Gasteiger partial charge in [-0.05, 0) is 68.2 Å². The van der Waals surface area contributed by atoms with Gasteiger partial charge in [0.25, 0.3) is 16.0 Å². The maximum absolute atomic E-state index is 13.0. The number of sulfonamides is 1. The van der Waals surface area contributed by atoms with Crippen LogP contribution in [0, 0.1) is 5.92 Å². The van der Waals surface area contributed by atoms with Crippen LogP contribution in [0.1, 0.15) is 36.8 Å². The van der Waals surface area contributed by atoms with E-state index in [1.807, 2.05) is 0 Å². The second-order valence-electron chi connectivity index (χ2n) is 11.3. The predicted molar refractivity (Wildman–Crippen MR) is 180 cm³/mol. The van der Waals surface area contributed by atoms with Crippen molar-refractivity contribution in [1.29, 1.82) is 0 Å². The van der Waals surface area contributed by atoms with Crippen LogP contribution < -0.4 is 20.5 Å². The Labute approximate surface area is 302 Å². The van der Waals surface area contributed by atoms with Crippen LogP contribution in [0.3, 0.4) is 0 Å². The van der Waals surface area contributed by atoms with Crippen molar-refractivity contribution in [3.63, 3.8) is 0 Å². The highest BCUT2D eigenvalue weighted by Gasteiger charge is 2.37. The molecule has 0 saturated heterocycles. The zero-order valence-electron chi connectivity index (χ0n) is 27.9. The molecule has 0 fully saturated rings. The topological polar surface area (TPSA) is 180 Å². The SMILES string of the molecule is NS(=O)(=O)C1=CC=CC(C(=O)NCCCCCNC(=O)C2=CCC=CC(S(=O)(=O)OCCOCCOc3cc(C(F)(F)F)cc(C(F)(F)F)c3)=C2)C=C1. The lowest BCUT2D eigenvalue weighted by atomic mass is 10.1. The lowest BCUT2D eigenvalue weighted by Crippen LogP contribution is -2.30. The fraction of sp³-hybridized carbons (Fsp3) is 0.394. The van der Waals surface area contributed by atoms with Gasteiger partial charge in [-0.25, -0.2) is 13.6 Å². The standard InChI is InChI=1S/C33H37F6N3O9S2/c34-32(35,36)25-20-26(33(37,38)39)22-27(21-25)50-17-15-49-16-18-51-53(47,48)29-9-3-2-7-24(19-29)31(44)42-14-5-1-4-13-41-30(43)23-8-6-10-28(12-11-23)52(40,45)46/h3,6-12,19-23H,1-2,4-5,13-18H2,(H,41,43)(H,42,44)(H2,40,45,46).